The number of hydrogen-bond acceptors (Lipinski definition) is 2. The van der Waals surface area contributed by atoms with E-state index in [1.165, 1.54) is 57.8 Å². The van der Waals surface area contributed by atoms with Gasteiger partial charge in [0.1, 0.15) is 0 Å². The van der Waals surface area contributed by atoms with Gasteiger partial charge >= 0.3 is 0 Å². The van der Waals surface area contributed by atoms with Crippen molar-refractivity contribution in [2.24, 2.45) is 39.9 Å². The van der Waals surface area contributed by atoms with Crippen LogP contribution in [-0.4, -0.2) is 23.4 Å². The lowest BCUT2D eigenvalue weighted by Crippen LogP contribution is -2.57. The summed E-state index contributed by atoms with van der Waals surface area (Å²) in [6, 6.07) is 0. The van der Waals surface area contributed by atoms with Crippen LogP contribution in [0.25, 0.3) is 0 Å². The average molecular weight is 306 g/mol. The zero-order valence-electron chi connectivity index (χ0n) is 14.5. The molecule has 7 atom stereocenters. The Morgan fingerprint density at radius 1 is 0.909 bits per heavy atom. The van der Waals surface area contributed by atoms with E-state index in [-0.39, 0.29) is 5.41 Å². The molecule has 4 rings (SSSR count). The van der Waals surface area contributed by atoms with Crippen molar-refractivity contribution in [1.82, 2.24) is 0 Å². The fourth-order valence-corrected chi connectivity index (χ4v) is 8.13. The Morgan fingerprint density at radius 3 is 2.45 bits per heavy atom. The predicted molar refractivity (Wildman–Crippen MR) is 88.3 cm³/mol. The molecule has 4 aliphatic carbocycles. The summed E-state index contributed by atoms with van der Waals surface area (Å²) in [4.78, 5) is 0. The van der Waals surface area contributed by atoms with Crippen LogP contribution in [0.1, 0.15) is 71.6 Å². The molecule has 0 aromatic rings. The molecule has 22 heavy (non-hydrogen) atoms. The third-order valence-corrected chi connectivity index (χ3v) is 8.99. The van der Waals surface area contributed by atoms with Gasteiger partial charge in [-0.25, -0.2) is 0 Å². The van der Waals surface area contributed by atoms with Crippen LogP contribution in [0, 0.1) is 39.9 Å². The molecular formula is C20H34O2. The quantitative estimate of drug-likeness (QED) is 0.809. The Bertz CT molecular complexity index is 449. The van der Waals surface area contributed by atoms with Crippen molar-refractivity contribution in [2.75, 3.05) is 13.2 Å². The maximum Gasteiger partial charge on any atom is 0.0487 e. The van der Waals surface area contributed by atoms with E-state index in [4.69, 9.17) is 0 Å². The predicted octanol–water partition coefficient (Wildman–Crippen LogP) is 4.00. The zero-order valence-corrected chi connectivity index (χ0v) is 14.5. The molecule has 0 heterocycles. The Morgan fingerprint density at radius 2 is 1.73 bits per heavy atom. The summed E-state index contributed by atoms with van der Waals surface area (Å²) in [5, 5.41) is 19.9. The lowest BCUT2D eigenvalue weighted by atomic mass is 9.41. The first-order chi connectivity index (χ1) is 10.5. The molecule has 0 unspecified atom stereocenters. The summed E-state index contributed by atoms with van der Waals surface area (Å²) >= 11 is 0. The Kier molecular flexibility index (Phi) is 3.48. The summed E-state index contributed by atoms with van der Waals surface area (Å²) in [5.41, 5.74) is 1.12. The second kappa shape index (κ2) is 4.96. The summed E-state index contributed by atoms with van der Waals surface area (Å²) in [6.45, 7) is 5.70. The van der Waals surface area contributed by atoms with Gasteiger partial charge in [-0.2, -0.15) is 0 Å². The smallest absolute Gasteiger partial charge is 0.0487 e. The van der Waals surface area contributed by atoms with Gasteiger partial charge < -0.3 is 10.2 Å². The molecule has 2 nitrogen and oxygen atoms in total. The van der Waals surface area contributed by atoms with Crippen molar-refractivity contribution in [3.8, 4) is 0 Å². The highest BCUT2D eigenvalue weighted by Gasteiger charge is 2.64. The van der Waals surface area contributed by atoms with Crippen molar-refractivity contribution < 1.29 is 10.2 Å². The lowest BCUT2D eigenvalue weighted by Gasteiger charge is -2.64. The van der Waals surface area contributed by atoms with Crippen molar-refractivity contribution >= 4 is 0 Å². The molecular weight excluding hydrogens is 272 g/mol. The van der Waals surface area contributed by atoms with Gasteiger partial charge in [-0.05, 0) is 91.3 Å². The van der Waals surface area contributed by atoms with E-state index in [9.17, 15) is 10.2 Å². The van der Waals surface area contributed by atoms with Crippen LogP contribution < -0.4 is 0 Å². The molecule has 0 aromatic heterocycles. The molecule has 0 radical (unpaired) electrons. The zero-order chi connectivity index (χ0) is 15.6. The maximum atomic E-state index is 10.1. The largest absolute Gasteiger partial charge is 0.396 e. The molecule has 4 saturated carbocycles. The molecule has 4 fully saturated rings. The molecule has 2 heteroatoms. The first-order valence-electron chi connectivity index (χ1n) is 9.69. The second-order valence-corrected chi connectivity index (χ2v) is 9.87. The van der Waals surface area contributed by atoms with Gasteiger partial charge in [0.25, 0.3) is 0 Å². The average Bonchev–Trinajstić information content (AvgIpc) is 2.77. The summed E-state index contributed by atoms with van der Waals surface area (Å²) in [6.07, 6.45) is 12.0. The minimum Gasteiger partial charge on any atom is -0.396 e. The molecule has 2 N–H and O–H groups in total. The van der Waals surface area contributed by atoms with Crippen LogP contribution >= 0.6 is 0 Å². The lowest BCUT2D eigenvalue weighted by molar-refractivity contribution is -0.159. The third-order valence-electron chi connectivity index (χ3n) is 8.99. The summed E-state index contributed by atoms with van der Waals surface area (Å²) in [5.74, 6) is 2.93. The van der Waals surface area contributed by atoms with Gasteiger partial charge in [0, 0.05) is 13.2 Å². The van der Waals surface area contributed by atoms with Crippen LogP contribution in [0.5, 0.6) is 0 Å². The van der Waals surface area contributed by atoms with Gasteiger partial charge in [0.2, 0.25) is 0 Å². The Labute approximate surface area is 135 Å². The number of fused-ring (bicyclic) bond motifs is 3. The van der Waals surface area contributed by atoms with Crippen LogP contribution in [0.15, 0.2) is 0 Å². The van der Waals surface area contributed by atoms with E-state index in [1.54, 1.807) is 0 Å². The fourth-order valence-electron chi connectivity index (χ4n) is 8.13. The van der Waals surface area contributed by atoms with Crippen molar-refractivity contribution in [1.29, 1.82) is 0 Å². The van der Waals surface area contributed by atoms with Crippen LogP contribution in [-0.2, 0) is 0 Å². The van der Waals surface area contributed by atoms with E-state index in [1.807, 2.05) is 0 Å². The Balaban J connectivity index is 1.69. The monoisotopic (exact) mass is 306 g/mol. The molecule has 1 spiro atoms. The van der Waals surface area contributed by atoms with Gasteiger partial charge in [-0.3, -0.25) is 0 Å². The molecule has 2 bridgehead atoms. The van der Waals surface area contributed by atoms with E-state index in [2.05, 4.69) is 13.8 Å². The van der Waals surface area contributed by atoms with Gasteiger partial charge in [0.05, 0.1) is 0 Å². The highest BCUT2D eigenvalue weighted by molar-refractivity contribution is 5.13. The van der Waals surface area contributed by atoms with Crippen LogP contribution in [0.3, 0.4) is 0 Å². The van der Waals surface area contributed by atoms with Crippen molar-refractivity contribution in [2.45, 2.75) is 71.6 Å². The third kappa shape index (κ3) is 1.86. The van der Waals surface area contributed by atoms with Crippen molar-refractivity contribution in [3.05, 3.63) is 0 Å². The number of hydrogen-bond donors (Lipinski definition) is 2. The van der Waals surface area contributed by atoms with E-state index < -0.39 is 0 Å². The highest BCUT2D eigenvalue weighted by Crippen LogP contribution is 2.72. The van der Waals surface area contributed by atoms with E-state index in [0.29, 0.717) is 35.9 Å². The molecule has 126 valence electrons. The van der Waals surface area contributed by atoms with E-state index in [0.717, 1.165) is 11.8 Å². The summed E-state index contributed by atoms with van der Waals surface area (Å²) in [7, 11) is 0. The number of aliphatic hydroxyl groups is 2. The molecule has 0 amide bonds. The molecule has 0 aliphatic heterocycles. The fraction of sp³-hybridized carbons (Fsp3) is 1.00. The molecule has 4 aliphatic rings. The maximum absolute atomic E-state index is 10.1. The number of aliphatic hydroxyl groups excluding tert-OH is 2. The normalized spacial score (nSPS) is 57.3. The Hall–Kier alpha value is -0.0800. The standard InChI is InChI=1S/C20H34O2/c1-18(13-22)7-3-8-19(2)16(18)6-9-20-10-14(4-5-17(19)20)15(11-20)12-21/h14-17,21-22H,3-13H2,1-2H3/t14-,15+,16+,17-,18-,19+,20+/m0/s1. The molecule has 0 aromatic carbocycles. The highest BCUT2D eigenvalue weighted by atomic mass is 16.3. The number of rotatable bonds is 2. The SMILES string of the molecule is C[C@@]1(CO)CCC[C@]2(C)[C@@H]1CC[C@@]13C[C@H](CO)[C@@H](CC[C@H]12)C3. The van der Waals surface area contributed by atoms with Gasteiger partial charge in [-0.15, -0.1) is 0 Å². The first kappa shape index (κ1) is 15.4. The van der Waals surface area contributed by atoms with Crippen LogP contribution in [0.4, 0.5) is 0 Å². The molecule has 0 saturated heterocycles. The second-order valence-electron chi connectivity index (χ2n) is 9.87. The first-order valence-corrected chi connectivity index (χ1v) is 9.69. The minimum atomic E-state index is 0.153. The van der Waals surface area contributed by atoms with Gasteiger partial charge in [-0.1, -0.05) is 20.3 Å². The van der Waals surface area contributed by atoms with Crippen molar-refractivity contribution in [3.63, 3.8) is 0 Å². The van der Waals surface area contributed by atoms with Crippen LogP contribution in [0.2, 0.25) is 0 Å². The topological polar surface area (TPSA) is 40.5 Å². The van der Waals surface area contributed by atoms with E-state index >= 15 is 0 Å². The van der Waals surface area contributed by atoms with Gasteiger partial charge in [0.15, 0.2) is 0 Å². The summed E-state index contributed by atoms with van der Waals surface area (Å²) < 4.78 is 0. The minimum absolute atomic E-state index is 0.153.